The molecule has 0 radical (unpaired) electrons. The van der Waals surface area contributed by atoms with Crippen molar-refractivity contribution in [1.29, 1.82) is 0 Å². The predicted molar refractivity (Wildman–Crippen MR) is 133 cm³/mol. The molecule has 8 heteroatoms. The van der Waals surface area contributed by atoms with E-state index >= 15 is 0 Å². The fraction of sp³-hybridized carbons (Fsp3) is 0.280. The van der Waals surface area contributed by atoms with Gasteiger partial charge in [-0.3, -0.25) is 14.2 Å². The first-order chi connectivity index (χ1) is 15.8. The van der Waals surface area contributed by atoms with Gasteiger partial charge in [-0.1, -0.05) is 41.6 Å². The Labute approximate surface area is 196 Å². The normalized spacial score (nSPS) is 12.3. The standard InChI is InChI=1S/C25H27N5O2S/c1-15(2)30-22(12-13-26-30)28-23(31)18(5)33-25-27-20-9-7-6-8-19(20)24(32)29(25)21-11-10-16(3)14-17(21)4/h6-15,18H,1-5H3,(H,28,31). The number of fused-ring (bicyclic) bond motifs is 1. The van der Waals surface area contributed by atoms with Crippen LogP contribution < -0.4 is 10.9 Å². The molecule has 2 aromatic heterocycles. The molecule has 1 unspecified atom stereocenters. The summed E-state index contributed by atoms with van der Waals surface area (Å²) >= 11 is 1.26. The number of anilines is 1. The van der Waals surface area contributed by atoms with Crippen LogP contribution in [0.15, 0.2) is 64.7 Å². The van der Waals surface area contributed by atoms with Crippen molar-refractivity contribution in [2.45, 2.75) is 51.1 Å². The van der Waals surface area contributed by atoms with Crippen molar-refractivity contribution >= 4 is 34.4 Å². The monoisotopic (exact) mass is 461 g/mol. The van der Waals surface area contributed by atoms with Gasteiger partial charge < -0.3 is 5.32 Å². The van der Waals surface area contributed by atoms with Gasteiger partial charge in [-0.25, -0.2) is 9.67 Å². The maximum Gasteiger partial charge on any atom is 0.266 e. The van der Waals surface area contributed by atoms with Crippen LogP contribution in [-0.2, 0) is 4.79 Å². The SMILES string of the molecule is Cc1ccc(-n2c(SC(C)C(=O)Nc3ccnn3C(C)C)nc3ccccc3c2=O)c(C)c1. The van der Waals surface area contributed by atoms with Gasteiger partial charge in [-0.15, -0.1) is 0 Å². The van der Waals surface area contributed by atoms with Gasteiger partial charge in [0.05, 0.1) is 28.0 Å². The molecule has 0 fully saturated rings. The van der Waals surface area contributed by atoms with Gasteiger partial charge in [0, 0.05) is 12.1 Å². The Kier molecular flexibility index (Phi) is 6.37. The van der Waals surface area contributed by atoms with Gasteiger partial charge in [0.2, 0.25) is 5.91 Å². The zero-order valence-electron chi connectivity index (χ0n) is 19.4. The van der Waals surface area contributed by atoms with E-state index in [1.165, 1.54) is 11.8 Å². The number of aryl methyl sites for hydroxylation is 2. The molecule has 0 saturated carbocycles. The smallest absolute Gasteiger partial charge is 0.266 e. The summed E-state index contributed by atoms with van der Waals surface area (Å²) in [6.07, 6.45) is 1.66. The van der Waals surface area contributed by atoms with Crippen molar-refractivity contribution < 1.29 is 4.79 Å². The number of benzene rings is 2. The molecule has 0 spiro atoms. The zero-order chi connectivity index (χ0) is 23.7. The van der Waals surface area contributed by atoms with E-state index in [4.69, 9.17) is 4.98 Å². The molecule has 0 aliphatic carbocycles. The summed E-state index contributed by atoms with van der Waals surface area (Å²) in [7, 11) is 0. The van der Waals surface area contributed by atoms with Crippen molar-refractivity contribution in [2.24, 2.45) is 0 Å². The van der Waals surface area contributed by atoms with Gasteiger partial charge in [-0.2, -0.15) is 5.10 Å². The van der Waals surface area contributed by atoms with E-state index in [0.717, 1.165) is 16.8 Å². The average Bonchev–Trinajstić information content (AvgIpc) is 3.23. The molecule has 1 amide bonds. The summed E-state index contributed by atoms with van der Waals surface area (Å²) < 4.78 is 3.37. The number of hydrogen-bond donors (Lipinski definition) is 1. The summed E-state index contributed by atoms with van der Waals surface area (Å²) in [5.41, 5.74) is 3.30. The summed E-state index contributed by atoms with van der Waals surface area (Å²) in [5, 5.41) is 7.74. The zero-order valence-corrected chi connectivity index (χ0v) is 20.2. The van der Waals surface area contributed by atoms with Gasteiger partial charge in [0.1, 0.15) is 5.82 Å². The van der Waals surface area contributed by atoms with Crippen LogP contribution in [0, 0.1) is 13.8 Å². The topological polar surface area (TPSA) is 81.8 Å². The number of nitrogens with zero attached hydrogens (tertiary/aromatic N) is 4. The first-order valence-electron chi connectivity index (χ1n) is 10.9. The number of amides is 1. The third kappa shape index (κ3) is 4.57. The van der Waals surface area contributed by atoms with E-state index in [1.54, 1.807) is 27.6 Å². The maximum atomic E-state index is 13.5. The second-order valence-corrected chi connectivity index (χ2v) is 9.65. The summed E-state index contributed by atoms with van der Waals surface area (Å²) in [6, 6.07) is 15.1. The van der Waals surface area contributed by atoms with E-state index < -0.39 is 5.25 Å². The summed E-state index contributed by atoms with van der Waals surface area (Å²) in [4.78, 5) is 31.3. The first-order valence-corrected chi connectivity index (χ1v) is 11.7. The second kappa shape index (κ2) is 9.23. The number of nitrogens with one attached hydrogen (secondary N) is 1. The molecule has 2 aromatic carbocycles. The van der Waals surface area contributed by atoms with Crippen LogP contribution in [0.5, 0.6) is 0 Å². The minimum absolute atomic E-state index is 0.120. The van der Waals surface area contributed by atoms with E-state index in [0.29, 0.717) is 21.9 Å². The van der Waals surface area contributed by atoms with E-state index in [-0.39, 0.29) is 17.5 Å². The Balaban J connectivity index is 1.74. The van der Waals surface area contributed by atoms with Crippen molar-refractivity contribution in [3.8, 4) is 5.69 Å². The molecular weight excluding hydrogens is 434 g/mol. The lowest BCUT2D eigenvalue weighted by molar-refractivity contribution is -0.115. The van der Waals surface area contributed by atoms with Gasteiger partial charge in [0.15, 0.2) is 5.16 Å². The Hall–Kier alpha value is -3.39. The number of para-hydroxylation sites is 1. The number of carbonyl (C=O) groups is 1. The van der Waals surface area contributed by atoms with Crippen LogP contribution >= 0.6 is 11.8 Å². The molecule has 1 N–H and O–H groups in total. The highest BCUT2D eigenvalue weighted by molar-refractivity contribution is 8.00. The summed E-state index contributed by atoms with van der Waals surface area (Å²) in [5.74, 6) is 0.456. The van der Waals surface area contributed by atoms with Crippen LogP contribution in [0.1, 0.15) is 37.9 Å². The lowest BCUT2D eigenvalue weighted by Gasteiger charge is -2.18. The number of hydrogen-bond acceptors (Lipinski definition) is 5. The fourth-order valence-electron chi connectivity index (χ4n) is 3.72. The average molecular weight is 462 g/mol. The summed E-state index contributed by atoms with van der Waals surface area (Å²) in [6.45, 7) is 9.80. The Bertz CT molecular complexity index is 1390. The minimum Gasteiger partial charge on any atom is -0.310 e. The highest BCUT2D eigenvalue weighted by Crippen LogP contribution is 2.27. The molecule has 0 aliphatic rings. The van der Waals surface area contributed by atoms with E-state index in [2.05, 4.69) is 10.4 Å². The first kappa shape index (κ1) is 22.8. The number of carbonyl (C=O) groups excluding carboxylic acids is 1. The lowest BCUT2D eigenvalue weighted by Crippen LogP contribution is -2.27. The number of aromatic nitrogens is 4. The van der Waals surface area contributed by atoms with E-state index in [1.807, 2.05) is 71.0 Å². The Morgan fingerprint density at radius 1 is 1.06 bits per heavy atom. The van der Waals surface area contributed by atoms with Crippen molar-refractivity contribution in [2.75, 3.05) is 5.32 Å². The molecule has 4 rings (SSSR count). The molecule has 0 saturated heterocycles. The minimum atomic E-state index is -0.495. The third-order valence-electron chi connectivity index (χ3n) is 5.40. The number of rotatable bonds is 6. The van der Waals surface area contributed by atoms with Gasteiger partial charge >= 0.3 is 0 Å². The third-order valence-corrected chi connectivity index (χ3v) is 6.45. The predicted octanol–water partition coefficient (Wildman–Crippen LogP) is 4.90. The molecule has 7 nitrogen and oxygen atoms in total. The number of thioether (sulfide) groups is 1. The highest BCUT2D eigenvalue weighted by Gasteiger charge is 2.22. The molecule has 1 atom stereocenters. The van der Waals surface area contributed by atoms with Gasteiger partial charge in [-0.05, 0) is 58.4 Å². The van der Waals surface area contributed by atoms with Crippen LogP contribution in [0.3, 0.4) is 0 Å². The largest absolute Gasteiger partial charge is 0.310 e. The van der Waals surface area contributed by atoms with Gasteiger partial charge in [0.25, 0.3) is 5.56 Å². The maximum absolute atomic E-state index is 13.5. The molecule has 0 bridgehead atoms. The molecule has 2 heterocycles. The molecule has 0 aliphatic heterocycles. The van der Waals surface area contributed by atoms with Crippen LogP contribution in [0.25, 0.3) is 16.6 Å². The van der Waals surface area contributed by atoms with Crippen LogP contribution in [-0.4, -0.2) is 30.5 Å². The van der Waals surface area contributed by atoms with Crippen molar-refractivity contribution in [1.82, 2.24) is 19.3 Å². The van der Waals surface area contributed by atoms with Crippen LogP contribution in [0.4, 0.5) is 5.82 Å². The van der Waals surface area contributed by atoms with E-state index in [9.17, 15) is 9.59 Å². The van der Waals surface area contributed by atoms with Crippen molar-refractivity contribution in [3.05, 3.63) is 76.2 Å². The highest BCUT2D eigenvalue weighted by atomic mass is 32.2. The Morgan fingerprint density at radius 2 is 1.82 bits per heavy atom. The van der Waals surface area contributed by atoms with Crippen molar-refractivity contribution in [3.63, 3.8) is 0 Å². The molecule has 4 aromatic rings. The lowest BCUT2D eigenvalue weighted by atomic mass is 10.1. The molecule has 170 valence electrons. The quantitative estimate of drug-likeness (QED) is 0.326. The molecular formula is C25H27N5O2S. The second-order valence-electron chi connectivity index (χ2n) is 8.35. The fourth-order valence-corrected chi connectivity index (χ4v) is 4.64. The Morgan fingerprint density at radius 3 is 2.55 bits per heavy atom. The molecule has 33 heavy (non-hydrogen) atoms. The van der Waals surface area contributed by atoms with Crippen LogP contribution in [0.2, 0.25) is 0 Å².